The van der Waals surface area contributed by atoms with Gasteiger partial charge in [0.15, 0.2) is 11.5 Å². The molecule has 0 unspecified atom stereocenters. The van der Waals surface area contributed by atoms with E-state index in [4.69, 9.17) is 4.98 Å². The van der Waals surface area contributed by atoms with Crippen LogP contribution in [0.5, 0.6) is 5.75 Å². The van der Waals surface area contributed by atoms with Crippen LogP contribution in [0.25, 0.3) is 49.7 Å². The monoisotopic (exact) mass is 787 g/mol. The van der Waals surface area contributed by atoms with E-state index in [1.54, 1.807) is 6.07 Å². The molecule has 6 aromatic carbocycles. The second-order valence-corrected chi connectivity index (χ2v) is 11.2. The fourth-order valence-corrected chi connectivity index (χ4v) is 6.43. The van der Waals surface area contributed by atoms with Gasteiger partial charge >= 0.3 is 21.1 Å². The molecule has 6 nitrogen and oxygen atoms in total. The first kappa shape index (κ1) is 28.7. The van der Waals surface area contributed by atoms with E-state index < -0.39 is 0 Å². The Bertz CT molecular complexity index is 2560. The Labute approximate surface area is 285 Å². The van der Waals surface area contributed by atoms with Crippen LogP contribution in [0.4, 0.5) is 17.2 Å². The van der Waals surface area contributed by atoms with Gasteiger partial charge in [0.05, 0.1) is 33.8 Å². The molecule has 0 aliphatic rings. The average Bonchev–Trinajstić information content (AvgIpc) is 3.72. The Hall–Kier alpha value is -5.71. The van der Waals surface area contributed by atoms with Gasteiger partial charge in [-0.15, -0.1) is 6.07 Å². The van der Waals surface area contributed by atoms with E-state index in [0.717, 1.165) is 55.5 Å². The van der Waals surface area contributed by atoms with Crippen LogP contribution in [0.1, 0.15) is 0 Å². The van der Waals surface area contributed by atoms with Gasteiger partial charge in [0, 0.05) is 11.1 Å². The third kappa shape index (κ3) is 4.68. The maximum absolute atomic E-state index is 11.1. The number of hydrogen-bond acceptors (Lipinski definition) is 3. The maximum atomic E-state index is 11.1. The molecule has 3 heterocycles. The molecular weight excluding hydrogens is 762 g/mol. The summed E-state index contributed by atoms with van der Waals surface area (Å²) < 4.78 is 6.20. The number of anilines is 3. The van der Waals surface area contributed by atoms with Crippen LogP contribution < -0.4 is 9.47 Å². The second-order valence-electron chi connectivity index (χ2n) is 11.2. The molecule has 0 aliphatic heterocycles. The predicted octanol–water partition coefficient (Wildman–Crippen LogP) is 8.63. The molecule has 9 aromatic rings. The third-order valence-electron chi connectivity index (χ3n) is 8.48. The van der Waals surface area contributed by atoms with Crippen LogP contribution in [0, 0.1) is 12.4 Å². The number of pyridine rings is 1. The number of nitrogens with zero attached hydrogens (tertiary/aromatic N) is 5. The number of hydrogen-bond donors (Lipinski definition) is 1. The van der Waals surface area contributed by atoms with Gasteiger partial charge in [0.2, 0.25) is 0 Å². The van der Waals surface area contributed by atoms with Gasteiger partial charge in [0.1, 0.15) is 5.75 Å². The van der Waals surface area contributed by atoms with Crippen LogP contribution in [-0.2, 0) is 21.1 Å². The van der Waals surface area contributed by atoms with E-state index in [-0.39, 0.29) is 26.8 Å². The predicted molar refractivity (Wildman–Crippen MR) is 183 cm³/mol. The van der Waals surface area contributed by atoms with Gasteiger partial charge in [0.25, 0.3) is 6.33 Å². The van der Waals surface area contributed by atoms with Crippen molar-refractivity contribution in [3.05, 3.63) is 164 Å². The Morgan fingerprint density at radius 3 is 2.17 bits per heavy atom. The fourth-order valence-electron chi connectivity index (χ4n) is 6.43. The van der Waals surface area contributed by atoms with Crippen LogP contribution in [-0.4, -0.2) is 19.1 Å². The SMILES string of the molecule is Oc1cccc2c3ccccc3n3cc(N(c4[c-]c(-n5[c-][n+](-c6ccccc6)c6ccccc65)ccc4)c4ccccc4)nc3c12.[Pt+2]. The molecule has 226 valence electrons. The maximum Gasteiger partial charge on any atom is 2.00 e. The standard InChI is InChI=1S/C40H26N5O.Pt/c46-37-24-12-20-33-32-19-7-8-21-34(32)42-26-38(41-40(42)39(33)37)45(29-15-5-2-6-16-29)31-18-11-17-30(25-31)44-27-43(28-13-3-1-4-14-28)35-22-9-10-23-36(35)44;/h1-24,26,46H;/q-1;+2. The molecule has 9 rings (SSSR count). The Kier molecular flexibility index (Phi) is 7.08. The van der Waals surface area contributed by atoms with Crippen molar-refractivity contribution in [2.24, 2.45) is 0 Å². The minimum atomic E-state index is 0. The van der Waals surface area contributed by atoms with E-state index in [0.29, 0.717) is 11.5 Å². The first-order valence-electron chi connectivity index (χ1n) is 15.1. The Morgan fingerprint density at radius 2 is 1.34 bits per heavy atom. The van der Waals surface area contributed by atoms with Crippen molar-refractivity contribution in [3.63, 3.8) is 0 Å². The van der Waals surface area contributed by atoms with Crippen molar-refractivity contribution < 1.29 is 30.7 Å². The molecule has 0 aliphatic carbocycles. The van der Waals surface area contributed by atoms with Crippen LogP contribution >= 0.6 is 0 Å². The van der Waals surface area contributed by atoms with Crippen molar-refractivity contribution in [2.75, 3.05) is 4.90 Å². The van der Waals surface area contributed by atoms with E-state index >= 15 is 0 Å². The molecule has 47 heavy (non-hydrogen) atoms. The van der Waals surface area contributed by atoms with Gasteiger partial charge in [-0.3, -0.25) is 8.97 Å². The second kappa shape index (κ2) is 11.6. The van der Waals surface area contributed by atoms with Gasteiger partial charge in [-0.05, 0) is 47.5 Å². The number of imidazole rings is 2. The summed E-state index contributed by atoms with van der Waals surface area (Å²) in [6, 6.07) is 52.4. The molecule has 0 spiro atoms. The topological polar surface area (TPSA) is 49.6 Å². The third-order valence-corrected chi connectivity index (χ3v) is 8.48. The number of para-hydroxylation sites is 5. The number of phenolic OH excluding ortho intramolecular Hbond substituents is 1. The summed E-state index contributed by atoms with van der Waals surface area (Å²) in [4.78, 5) is 7.30. The normalized spacial score (nSPS) is 11.3. The average molecular weight is 788 g/mol. The molecule has 0 fully saturated rings. The molecule has 0 amide bonds. The minimum absolute atomic E-state index is 0. The zero-order valence-corrected chi connectivity index (χ0v) is 27.2. The molecule has 7 heteroatoms. The number of rotatable bonds is 5. The minimum Gasteiger partial charge on any atom is -0.507 e. The van der Waals surface area contributed by atoms with Crippen LogP contribution in [0.3, 0.4) is 0 Å². The van der Waals surface area contributed by atoms with Gasteiger partial charge in [-0.1, -0.05) is 96.7 Å². The van der Waals surface area contributed by atoms with E-state index in [1.807, 2.05) is 97.2 Å². The van der Waals surface area contributed by atoms with Crippen molar-refractivity contribution in [1.29, 1.82) is 0 Å². The molecule has 1 N–H and O–H groups in total. The summed E-state index contributed by atoms with van der Waals surface area (Å²) in [6.07, 6.45) is 5.61. The number of aromatic hydroxyl groups is 1. The summed E-state index contributed by atoms with van der Waals surface area (Å²) in [6.45, 7) is 0. The van der Waals surface area contributed by atoms with Crippen molar-refractivity contribution in [3.8, 4) is 17.1 Å². The summed E-state index contributed by atoms with van der Waals surface area (Å²) in [5.41, 5.74) is 7.42. The summed E-state index contributed by atoms with van der Waals surface area (Å²) in [5.74, 6) is 0.910. The quantitative estimate of drug-likeness (QED) is 0.108. The van der Waals surface area contributed by atoms with Crippen LogP contribution in [0.15, 0.2) is 152 Å². The number of aromatic nitrogens is 4. The Morgan fingerprint density at radius 1 is 0.660 bits per heavy atom. The number of fused-ring (bicyclic) bond motifs is 7. The summed E-state index contributed by atoms with van der Waals surface area (Å²) in [5, 5.41) is 13.8. The number of benzene rings is 6. The summed E-state index contributed by atoms with van der Waals surface area (Å²) in [7, 11) is 0. The van der Waals surface area contributed by atoms with E-state index in [2.05, 4.69) is 79.4 Å². The smallest absolute Gasteiger partial charge is 0.507 e. The van der Waals surface area contributed by atoms with Crippen molar-refractivity contribution in [2.45, 2.75) is 0 Å². The molecule has 0 saturated heterocycles. The van der Waals surface area contributed by atoms with Crippen molar-refractivity contribution in [1.82, 2.24) is 14.0 Å². The first-order valence-corrected chi connectivity index (χ1v) is 15.1. The van der Waals surface area contributed by atoms with Gasteiger partial charge < -0.3 is 14.6 Å². The van der Waals surface area contributed by atoms with E-state index in [1.165, 1.54) is 0 Å². The molecule has 0 bridgehead atoms. The zero-order chi connectivity index (χ0) is 30.6. The van der Waals surface area contributed by atoms with Gasteiger partial charge in [-0.25, -0.2) is 4.98 Å². The molecule has 0 saturated carbocycles. The first-order chi connectivity index (χ1) is 22.7. The molecule has 3 aromatic heterocycles. The number of phenols is 1. The zero-order valence-electron chi connectivity index (χ0n) is 24.9. The van der Waals surface area contributed by atoms with E-state index in [9.17, 15) is 5.11 Å². The van der Waals surface area contributed by atoms with Crippen LogP contribution in [0.2, 0.25) is 0 Å². The molecule has 0 atom stereocenters. The van der Waals surface area contributed by atoms with Gasteiger partial charge in [-0.2, -0.15) is 18.2 Å². The summed E-state index contributed by atoms with van der Waals surface area (Å²) >= 11 is 0. The van der Waals surface area contributed by atoms with Crippen molar-refractivity contribution >= 4 is 55.5 Å². The fraction of sp³-hybridized carbons (Fsp3) is 0. The molecular formula is C40H26N5OPt+. The Balaban J connectivity index is 0.00000324. The largest absolute Gasteiger partial charge is 2.00 e. The molecule has 0 radical (unpaired) electrons.